The predicted molar refractivity (Wildman–Crippen MR) is 80.7 cm³/mol. The molecule has 0 amide bonds. The highest BCUT2D eigenvalue weighted by Gasteiger charge is 2.13. The number of nitrogens with zero attached hydrogens (tertiary/aromatic N) is 3. The monoisotopic (exact) mass is 309 g/mol. The van der Waals surface area contributed by atoms with Crippen molar-refractivity contribution in [2.45, 2.75) is 24.4 Å². The first-order valence-corrected chi connectivity index (χ1v) is 7.28. The van der Waals surface area contributed by atoms with Crippen molar-refractivity contribution in [3.8, 4) is 0 Å². The van der Waals surface area contributed by atoms with Crippen molar-refractivity contribution in [1.29, 1.82) is 0 Å². The maximum Gasteiger partial charge on any atom is 0.343 e. The Kier molecular flexibility index (Phi) is 4.63. The fraction of sp³-hybridized carbons (Fsp3) is 0.333. The normalized spacial score (nSPS) is 10.6. The molecule has 0 aliphatic carbocycles. The topological polar surface area (TPSA) is 106 Å². The van der Waals surface area contributed by atoms with Crippen LogP contribution in [-0.4, -0.2) is 26.7 Å². The molecular formula is C12H15N5O3S. The molecule has 0 saturated carbocycles. The molecule has 21 heavy (non-hydrogen) atoms. The van der Waals surface area contributed by atoms with E-state index in [9.17, 15) is 14.9 Å². The van der Waals surface area contributed by atoms with Crippen LogP contribution >= 0.6 is 11.8 Å². The van der Waals surface area contributed by atoms with Crippen molar-refractivity contribution in [1.82, 2.24) is 14.8 Å². The van der Waals surface area contributed by atoms with E-state index in [2.05, 4.69) is 15.5 Å². The van der Waals surface area contributed by atoms with Crippen LogP contribution in [0.1, 0.15) is 12.5 Å². The molecule has 0 unspecified atom stereocenters. The third kappa shape index (κ3) is 3.24. The number of aromatic nitrogens is 3. The lowest BCUT2D eigenvalue weighted by atomic mass is 10.2. The van der Waals surface area contributed by atoms with Gasteiger partial charge in [0, 0.05) is 37.2 Å². The zero-order chi connectivity index (χ0) is 15.4. The number of nitro groups is 1. The molecule has 1 heterocycles. The highest BCUT2D eigenvalue weighted by atomic mass is 32.2. The number of benzene rings is 1. The summed E-state index contributed by atoms with van der Waals surface area (Å²) in [7, 11) is 1.76. The number of nitrogens with one attached hydrogen (secondary N) is 2. The number of thioether (sulfide) groups is 1. The Morgan fingerprint density at radius 3 is 2.90 bits per heavy atom. The zero-order valence-electron chi connectivity index (χ0n) is 11.6. The van der Waals surface area contributed by atoms with Crippen molar-refractivity contribution in [3.05, 3.63) is 44.4 Å². The van der Waals surface area contributed by atoms with Gasteiger partial charge in [-0.05, 0) is 18.6 Å². The second-order valence-electron chi connectivity index (χ2n) is 4.19. The van der Waals surface area contributed by atoms with E-state index >= 15 is 0 Å². The van der Waals surface area contributed by atoms with E-state index in [-0.39, 0.29) is 11.4 Å². The minimum absolute atomic E-state index is 0.0412. The molecule has 112 valence electrons. The second kappa shape index (κ2) is 6.44. The molecule has 0 aliphatic heterocycles. The number of hydrogen-bond donors (Lipinski definition) is 2. The van der Waals surface area contributed by atoms with Gasteiger partial charge in [-0.15, -0.1) is 5.10 Å². The molecular weight excluding hydrogens is 294 g/mol. The van der Waals surface area contributed by atoms with Crippen LogP contribution in [0.15, 0.2) is 28.2 Å². The Morgan fingerprint density at radius 1 is 1.52 bits per heavy atom. The summed E-state index contributed by atoms with van der Waals surface area (Å²) in [6.45, 7) is 2.37. The number of nitro benzene ring substituents is 1. The molecule has 2 aromatic rings. The van der Waals surface area contributed by atoms with Crippen LogP contribution < -0.4 is 11.0 Å². The van der Waals surface area contributed by atoms with Gasteiger partial charge < -0.3 is 5.32 Å². The van der Waals surface area contributed by atoms with Crippen LogP contribution in [0.3, 0.4) is 0 Å². The van der Waals surface area contributed by atoms with Gasteiger partial charge in [0.25, 0.3) is 5.69 Å². The quantitative estimate of drug-likeness (QED) is 0.479. The van der Waals surface area contributed by atoms with E-state index < -0.39 is 4.92 Å². The first kappa shape index (κ1) is 15.1. The number of non-ortho nitro benzene ring substituents is 1. The zero-order valence-corrected chi connectivity index (χ0v) is 12.4. The lowest BCUT2D eigenvalue weighted by molar-refractivity contribution is -0.384. The Morgan fingerprint density at radius 2 is 2.29 bits per heavy atom. The molecule has 2 N–H and O–H groups in total. The van der Waals surface area contributed by atoms with Crippen LogP contribution in [0, 0.1) is 10.1 Å². The van der Waals surface area contributed by atoms with Crippen LogP contribution in [0.4, 0.5) is 11.4 Å². The summed E-state index contributed by atoms with van der Waals surface area (Å²) in [4.78, 5) is 21.9. The van der Waals surface area contributed by atoms with Gasteiger partial charge in [0.2, 0.25) is 0 Å². The van der Waals surface area contributed by atoms with Crippen LogP contribution in [0.2, 0.25) is 0 Å². The molecule has 0 atom stereocenters. The Labute approximate surface area is 124 Å². The molecule has 0 bridgehead atoms. The number of anilines is 1. The van der Waals surface area contributed by atoms with Gasteiger partial charge in [-0.25, -0.2) is 9.89 Å². The largest absolute Gasteiger partial charge is 0.388 e. The van der Waals surface area contributed by atoms with Gasteiger partial charge in [-0.2, -0.15) is 0 Å². The smallest absolute Gasteiger partial charge is 0.343 e. The molecule has 1 aromatic heterocycles. The third-order valence-corrected chi connectivity index (χ3v) is 3.99. The average Bonchev–Trinajstić information content (AvgIpc) is 2.84. The average molecular weight is 309 g/mol. The molecule has 0 radical (unpaired) electrons. The van der Waals surface area contributed by atoms with E-state index in [0.29, 0.717) is 17.5 Å². The Bertz CT molecular complexity index is 709. The minimum Gasteiger partial charge on any atom is -0.388 e. The first-order chi connectivity index (χ1) is 10.1. The maximum atomic E-state index is 11.5. The van der Waals surface area contributed by atoms with E-state index in [1.54, 1.807) is 13.1 Å². The number of H-pyrrole nitrogens is 1. The van der Waals surface area contributed by atoms with Gasteiger partial charge in [-0.1, -0.05) is 11.8 Å². The Balaban J connectivity index is 2.24. The highest BCUT2D eigenvalue weighted by molar-refractivity contribution is 7.98. The summed E-state index contributed by atoms with van der Waals surface area (Å²) in [5, 5.41) is 20.8. The van der Waals surface area contributed by atoms with Crippen molar-refractivity contribution in [2.24, 2.45) is 0 Å². The summed E-state index contributed by atoms with van der Waals surface area (Å²) in [6.07, 6.45) is 0. The lowest BCUT2D eigenvalue weighted by Gasteiger charge is -2.08. The van der Waals surface area contributed by atoms with Gasteiger partial charge >= 0.3 is 5.69 Å². The molecule has 8 nitrogen and oxygen atoms in total. The molecule has 0 fully saturated rings. The minimum atomic E-state index is -0.426. The van der Waals surface area contributed by atoms with Crippen LogP contribution in [-0.2, 0) is 12.3 Å². The fourth-order valence-electron chi connectivity index (χ4n) is 1.89. The molecule has 0 aliphatic rings. The van der Waals surface area contributed by atoms with Crippen LogP contribution in [0.25, 0.3) is 0 Å². The summed E-state index contributed by atoms with van der Waals surface area (Å²) in [6, 6.07) is 4.65. The highest BCUT2D eigenvalue weighted by Crippen LogP contribution is 2.28. The first-order valence-electron chi connectivity index (χ1n) is 6.30. The van der Waals surface area contributed by atoms with E-state index in [0.717, 1.165) is 11.3 Å². The molecule has 9 heteroatoms. The molecule has 0 spiro atoms. The third-order valence-electron chi connectivity index (χ3n) is 2.97. The maximum absolute atomic E-state index is 11.5. The predicted octanol–water partition coefficient (Wildman–Crippen LogP) is 1.83. The second-order valence-corrected chi connectivity index (χ2v) is 5.14. The summed E-state index contributed by atoms with van der Waals surface area (Å²) >= 11 is 1.35. The summed E-state index contributed by atoms with van der Waals surface area (Å²) in [5.41, 5.74) is 1.39. The van der Waals surface area contributed by atoms with Crippen molar-refractivity contribution in [3.63, 3.8) is 0 Å². The summed E-state index contributed by atoms with van der Waals surface area (Å²) in [5.74, 6) is 0.474. The number of aromatic amines is 1. The SMILES string of the molecule is CCn1c(SCc2cc([N+](=O)[O-])ccc2NC)n[nH]c1=O. The van der Waals surface area contributed by atoms with E-state index in [1.165, 1.54) is 28.5 Å². The van der Waals surface area contributed by atoms with Gasteiger partial charge in [0.1, 0.15) is 0 Å². The number of hydrogen-bond acceptors (Lipinski definition) is 6. The Hall–Kier alpha value is -2.29. The van der Waals surface area contributed by atoms with E-state index in [1.807, 2.05) is 6.92 Å². The van der Waals surface area contributed by atoms with Gasteiger partial charge in [-0.3, -0.25) is 14.7 Å². The summed E-state index contributed by atoms with van der Waals surface area (Å²) < 4.78 is 1.51. The number of rotatable bonds is 6. The standard InChI is InChI=1S/C12H15N5O3S/c1-3-16-11(18)14-15-12(16)21-7-8-6-9(17(19)20)4-5-10(8)13-2/h4-6,13H,3,7H2,1-2H3,(H,14,18). The van der Waals surface area contributed by atoms with Crippen molar-refractivity contribution < 1.29 is 4.92 Å². The van der Waals surface area contributed by atoms with Gasteiger partial charge in [0.05, 0.1) is 4.92 Å². The van der Waals surface area contributed by atoms with Crippen LogP contribution in [0.5, 0.6) is 0 Å². The molecule has 0 saturated heterocycles. The lowest BCUT2D eigenvalue weighted by Crippen LogP contribution is -2.16. The van der Waals surface area contributed by atoms with Crippen molar-refractivity contribution >= 4 is 23.1 Å². The molecule has 1 aromatic carbocycles. The van der Waals surface area contributed by atoms with E-state index in [4.69, 9.17) is 0 Å². The van der Waals surface area contributed by atoms with Crippen molar-refractivity contribution in [2.75, 3.05) is 12.4 Å². The molecule has 2 rings (SSSR count). The fourth-order valence-corrected chi connectivity index (χ4v) is 2.89. The van der Waals surface area contributed by atoms with Gasteiger partial charge in [0.15, 0.2) is 5.16 Å².